The number of hydrogen-bond acceptors (Lipinski definition) is 4. The van der Waals surface area contributed by atoms with Crippen molar-refractivity contribution in [3.63, 3.8) is 0 Å². The predicted molar refractivity (Wildman–Crippen MR) is 84.3 cm³/mol. The first kappa shape index (κ1) is 16.8. The number of methoxy groups -OCH3 is 1. The number of aryl methyl sites for hydroxylation is 2. The van der Waals surface area contributed by atoms with E-state index in [1.54, 1.807) is 0 Å². The Hall–Kier alpha value is -2.56. The zero-order valence-electron chi connectivity index (χ0n) is 13.4. The van der Waals surface area contributed by atoms with E-state index in [0.29, 0.717) is 5.75 Å². The third-order valence-corrected chi connectivity index (χ3v) is 3.40. The van der Waals surface area contributed by atoms with Gasteiger partial charge in [-0.25, -0.2) is 9.18 Å². The Morgan fingerprint density at radius 3 is 2.65 bits per heavy atom. The van der Waals surface area contributed by atoms with E-state index in [0.717, 1.165) is 17.5 Å². The van der Waals surface area contributed by atoms with Crippen LogP contribution < -0.4 is 9.47 Å². The second-order valence-corrected chi connectivity index (χ2v) is 5.03. The summed E-state index contributed by atoms with van der Waals surface area (Å²) in [4.78, 5) is 11.2. The molecular weight excluding hydrogens is 299 g/mol. The van der Waals surface area contributed by atoms with Crippen molar-refractivity contribution in [1.29, 1.82) is 0 Å². The fourth-order valence-corrected chi connectivity index (χ4v) is 2.18. The second-order valence-electron chi connectivity index (χ2n) is 5.03. The first-order valence-electron chi connectivity index (χ1n) is 7.30. The van der Waals surface area contributed by atoms with Gasteiger partial charge >= 0.3 is 6.16 Å². The highest BCUT2D eigenvalue weighted by Gasteiger charge is 2.15. The summed E-state index contributed by atoms with van der Waals surface area (Å²) >= 11 is 0. The van der Waals surface area contributed by atoms with Gasteiger partial charge in [0.1, 0.15) is 23.9 Å². The number of hydrogen-bond donors (Lipinski definition) is 0. The molecule has 0 radical (unpaired) electrons. The second kappa shape index (κ2) is 7.63. The quantitative estimate of drug-likeness (QED) is 0.604. The molecule has 2 rings (SSSR count). The molecule has 23 heavy (non-hydrogen) atoms. The zero-order valence-corrected chi connectivity index (χ0v) is 13.4. The van der Waals surface area contributed by atoms with Crippen molar-refractivity contribution < 1.29 is 23.4 Å². The molecule has 0 N–H and O–H groups in total. The molecule has 0 heterocycles. The van der Waals surface area contributed by atoms with Crippen molar-refractivity contribution in [2.45, 2.75) is 26.9 Å². The van der Waals surface area contributed by atoms with Crippen molar-refractivity contribution in [3.05, 3.63) is 58.9 Å². The zero-order chi connectivity index (χ0) is 16.8. The molecular formula is C18H19FO4. The topological polar surface area (TPSA) is 44.8 Å². The van der Waals surface area contributed by atoms with Crippen molar-refractivity contribution in [2.75, 3.05) is 7.11 Å². The molecule has 5 heteroatoms. The summed E-state index contributed by atoms with van der Waals surface area (Å²) in [6.45, 7) is 3.98. The Morgan fingerprint density at radius 1 is 1.17 bits per heavy atom. The summed E-state index contributed by atoms with van der Waals surface area (Å²) in [5.41, 5.74) is 2.34. The van der Waals surface area contributed by atoms with E-state index in [4.69, 9.17) is 9.47 Å². The Morgan fingerprint density at radius 2 is 1.96 bits per heavy atom. The molecule has 0 bridgehead atoms. The Bertz CT molecular complexity index is 697. The minimum atomic E-state index is -0.901. The lowest BCUT2D eigenvalue weighted by atomic mass is 10.1. The van der Waals surface area contributed by atoms with Crippen molar-refractivity contribution >= 4 is 6.16 Å². The molecule has 0 amide bonds. The standard InChI is InChI=1S/C18H19FO4/c1-4-13-10-12(2)8-9-16(13)22-11-14-15(19)6-5-7-17(14)23-18(20)21-3/h5-10H,4,11H2,1-3H3. The van der Waals surface area contributed by atoms with Gasteiger partial charge < -0.3 is 14.2 Å². The van der Waals surface area contributed by atoms with Gasteiger partial charge in [-0.05, 0) is 37.1 Å². The Kier molecular flexibility index (Phi) is 5.57. The predicted octanol–water partition coefficient (Wildman–Crippen LogP) is 4.42. The highest BCUT2D eigenvalue weighted by molar-refractivity contribution is 5.64. The van der Waals surface area contributed by atoms with Crippen molar-refractivity contribution in [3.8, 4) is 11.5 Å². The molecule has 2 aromatic carbocycles. The van der Waals surface area contributed by atoms with E-state index >= 15 is 0 Å². The summed E-state index contributed by atoms with van der Waals surface area (Å²) in [7, 11) is 1.19. The lowest BCUT2D eigenvalue weighted by molar-refractivity contribution is 0.120. The van der Waals surface area contributed by atoms with Gasteiger partial charge in [0.25, 0.3) is 0 Å². The average Bonchev–Trinajstić information content (AvgIpc) is 2.55. The smallest absolute Gasteiger partial charge is 0.488 e. The van der Waals surface area contributed by atoms with Gasteiger partial charge in [0.2, 0.25) is 0 Å². The van der Waals surface area contributed by atoms with Gasteiger partial charge in [-0.2, -0.15) is 0 Å². The van der Waals surface area contributed by atoms with Crippen molar-refractivity contribution in [2.24, 2.45) is 0 Å². The van der Waals surface area contributed by atoms with Crippen LogP contribution in [0.2, 0.25) is 0 Å². The number of halogens is 1. The molecule has 0 saturated carbocycles. The first-order valence-corrected chi connectivity index (χ1v) is 7.30. The maximum atomic E-state index is 14.0. The maximum Gasteiger partial charge on any atom is 0.513 e. The third kappa shape index (κ3) is 4.22. The van der Waals surface area contributed by atoms with Gasteiger partial charge in [0, 0.05) is 0 Å². The molecule has 0 aromatic heterocycles. The molecule has 0 aliphatic heterocycles. The first-order chi connectivity index (χ1) is 11.0. The lowest BCUT2D eigenvalue weighted by Crippen LogP contribution is -2.11. The van der Waals surface area contributed by atoms with E-state index in [9.17, 15) is 9.18 Å². The summed E-state index contributed by atoms with van der Waals surface area (Å²) < 4.78 is 29.2. The van der Waals surface area contributed by atoms with Gasteiger partial charge in [0.15, 0.2) is 0 Å². The fourth-order valence-electron chi connectivity index (χ4n) is 2.18. The number of carbonyl (C=O) groups excluding carboxylic acids is 1. The van der Waals surface area contributed by atoms with Crippen LogP contribution in [0.3, 0.4) is 0 Å². The van der Waals surface area contributed by atoms with Gasteiger partial charge in [-0.15, -0.1) is 0 Å². The van der Waals surface area contributed by atoms with Crippen LogP contribution in [-0.2, 0) is 17.8 Å². The van der Waals surface area contributed by atoms with E-state index in [2.05, 4.69) is 4.74 Å². The van der Waals surface area contributed by atoms with Crippen LogP contribution in [0.5, 0.6) is 11.5 Å². The Balaban J connectivity index is 2.22. The van der Waals surface area contributed by atoms with Gasteiger partial charge in [-0.1, -0.05) is 30.7 Å². The van der Waals surface area contributed by atoms with E-state index in [1.807, 2.05) is 32.0 Å². The maximum absolute atomic E-state index is 14.0. The Labute approximate surface area is 134 Å². The molecule has 0 unspecified atom stereocenters. The minimum Gasteiger partial charge on any atom is -0.488 e. The van der Waals surface area contributed by atoms with Crippen molar-refractivity contribution in [1.82, 2.24) is 0 Å². The molecule has 0 spiro atoms. The number of carbonyl (C=O) groups is 1. The minimum absolute atomic E-state index is 0.0466. The van der Waals surface area contributed by atoms with Crippen LogP contribution in [0.25, 0.3) is 0 Å². The lowest BCUT2D eigenvalue weighted by Gasteiger charge is -2.14. The number of benzene rings is 2. The summed E-state index contributed by atoms with van der Waals surface area (Å²) in [6, 6.07) is 10.1. The molecule has 0 atom stereocenters. The van der Waals surface area contributed by atoms with Crippen LogP contribution in [0.4, 0.5) is 9.18 Å². The molecule has 4 nitrogen and oxygen atoms in total. The van der Waals surface area contributed by atoms with Crippen LogP contribution in [0.15, 0.2) is 36.4 Å². The summed E-state index contributed by atoms with van der Waals surface area (Å²) in [5.74, 6) is 0.268. The number of ether oxygens (including phenoxy) is 3. The average molecular weight is 318 g/mol. The molecule has 122 valence electrons. The van der Waals surface area contributed by atoms with E-state index < -0.39 is 12.0 Å². The molecule has 0 aliphatic rings. The normalized spacial score (nSPS) is 10.3. The SMILES string of the molecule is CCc1cc(C)ccc1OCc1c(F)cccc1OC(=O)OC. The molecule has 0 saturated heterocycles. The summed E-state index contributed by atoms with van der Waals surface area (Å²) in [6.07, 6.45) is -0.0961. The van der Waals surface area contributed by atoms with Gasteiger partial charge in [0.05, 0.1) is 12.7 Å². The third-order valence-electron chi connectivity index (χ3n) is 3.40. The molecule has 2 aromatic rings. The van der Waals surface area contributed by atoms with E-state index in [1.165, 1.54) is 25.3 Å². The number of rotatable bonds is 5. The highest BCUT2D eigenvalue weighted by Crippen LogP contribution is 2.26. The monoisotopic (exact) mass is 318 g/mol. The van der Waals surface area contributed by atoms with Crippen LogP contribution in [-0.4, -0.2) is 13.3 Å². The molecule has 0 fully saturated rings. The molecule has 0 aliphatic carbocycles. The van der Waals surface area contributed by atoms with E-state index in [-0.39, 0.29) is 17.9 Å². The van der Waals surface area contributed by atoms with Gasteiger partial charge in [-0.3, -0.25) is 0 Å². The highest BCUT2D eigenvalue weighted by atomic mass is 19.1. The van der Waals surface area contributed by atoms with Crippen LogP contribution >= 0.6 is 0 Å². The summed E-state index contributed by atoms with van der Waals surface area (Å²) in [5, 5.41) is 0. The van der Waals surface area contributed by atoms with Crippen LogP contribution in [0.1, 0.15) is 23.6 Å². The largest absolute Gasteiger partial charge is 0.513 e. The fraction of sp³-hybridized carbons (Fsp3) is 0.278. The van der Waals surface area contributed by atoms with Crippen LogP contribution in [0, 0.1) is 12.7 Å².